The van der Waals surface area contributed by atoms with Gasteiger partial charge in [0.15, 0.2) is 12.4 Å². The Kier molecular flexibility index (Phi) is 25.1. The number of allylic oxidation sites excluding steroid dienone is 2. The fourth-order valence-corrected chi connectivity index (χ4v) is 6.13. The monoisotopic (exact) mass is 708 g/mol. The molecule has 0 aromatic carbocycles. The van der Waals surface area contributed by atoms with Gasteiger partial charge in [0.1, 0.15) is 36.8 Å². The second-order valence-electron chi connectivity index (χ2n) is 12.9. The summed E-state index contributed by atoms with van der Waals surface area (Å²) >= 11 is 0. The number of rotatable bonds is 29. The van der Waals surface area contributed by atoms with Crippen LogP contribution in [0.4, 0.5) is 0 Å². The predicted molar refractivity (Wildman–Crippen MR) is 183 cm³/mol. The molecule has 0 aliphatic carbocycles. The Bertz CT molecular complexity index is 973. The van der Waals surface area contributed by atoms with Crippen molar-refractivity contribution in [2.75, 3.05) is 19.0 Å². The lowest BCUT2D eigenvalue weighted by molar-refractivity contribution is -0.297. The summed E-state index contributed by atoms with van der Waals surface area (Å²) in [5, 5.41) is 30.6. The van der Waals surface area contributed by atoms with Gasteiger partial charge in [-0.1, -0.05) is 109 Å². The molecule has 1 fully saturated rings. The van der Waals surface area contributed by atoms with Gasteiger partial charge in [0.25, 0.3) is 10.1 Å². The number of ether oxygens (including phenoxy) is 4. The van der Waals surface area contributed by atoms with Crippen molar-refractivity contribution in [2.24, 2.45) is 0 Å². The maximum atomic E-state index is 12.6. The Hall–Kier alpha value is -1.61. The van der Waals surface area contributed by atoms with Gasteiger partial charge in [-0.05, 0) is 32.1 Å². The number of esters is 2. The molecular weight excluding hydrogens is 644 g/mol. The molecule has 6 atom stereocenters. The van der Waals surface area contributed by atoms with Gasteiger partial charge in [-0.25, -0.2) is 0 Å². The molecule has 0 saturated carbocycles. The molecule has 1 aliphatic heterocycles. The van der Waals surface area contributed by atoms with Crippen molar-refractivity contribution in [3.63, 3.8) is 0 Å². The Morgan fingerprint density at radius 3 is 1.81 bits per heavy atom. The first-order valence-corrected chi connectivity index (χ1v) is 19.9. The topological polar surface area (TPSA) is 186 Å². The van der Waals surface area contributed by atoms with Crippen molar-refractivity contribution >= 4 is 22.1 Å². The Labute approximate surface area is 288 Å². The first kappa shape index (κ1) is 44.4. The minimum atomic E-state index is -4.59. The molecular formula is C35H64O12S. The average molecular weight is 709 g/mol. The van der Waals surface area contributed by atoms with Crippen LogP contribution in [0.25, 0.3) is 0 Å². The van der Waals surface area contributed by atoms with E-state index in [1.807, 2.05) is 0 Å². The highest BCUT2D eigenvalue weighted by atomic mass is 32.2. The summed E-state index contributed by atoms with van der Waals surface area (Å²) in [6.45, 7) is 3.63. The molecule has 48 heavy (non-hydrogen) atoms. The minimum absolute atomic E-state index is 0.156. The van der Waals surface area contributed by atoms with Crippen molar-refractivity contribution in [1.82, 2.24) is 0 Å². The molecule has 0 spiro atoms. The first-order valence-electron chi connectivity index (χ1n) is 18.2. The molecule has 0 amide bonds. The number of carbonyl (C=O) groups is 2. The number of unbranched alkanes of at least 4 members (excludes halogenated alkanes) is 15. The summed E-state index contributed by atoms with van der Waals surface area (Å²) in [4.78, 5) is 25.1. The number of hydrogen-bond acceptors (Lipinski definition) is 11. The standard InChI is InChI=1S/C35H64O12S/c1-3-5-7-9-11-13-15-17-19-21-23-30(36)44-25-28(46-31(37)24-22-20-18-16-14-12-10-8-6-4-2)26-45-35-34(40)33(39)32(38)29(47-35)27-48(41,42)43/h8,10,28-29,32-35,38-40H,3-7,9,11-27H2,1-2H3,(H,41,42,43)/b10-8-. The number of hydrogen-bond donors (Lipinski definition) is 4. The zero-order valence-corrected chi connectivity index (χ0v) is 30.2. The van der Waals surface area contributed by atoms with Gasteiger partial charge in [0.2, 0.25) is 0 Å². The van der Waals surface area contributed by atoms with E-state index in [0.29, 0.717) is 12.8 Å². The van der Waals surface area contributed by atoms with E-state index >= 15 is 0 Å². The summed E-state index contributed by atoms with van der Waals surface area (Å²) in [5.41, 5.74) is 0. The Morgan fingerprint density at radius 2 is 1.23 bits per heavy atom. The second-order valence-corrected chi connectivity index (χ2v) is 14.4. The molecule has 1 rings (SSSR count). The largest absolute Gasteiger partial charge is 0.462 e. The van der Waals surface area contributed by atoms with Gasteiger partial charge < -0.3 is 34.3 Å². The smallest absolute Gasteiger partial charge is 0.306 e. The number of aliphatic hydroxyl groups is 3. The quantitative estimate of drug-likeness (QED) is 0.0329. The molecule has 13 heteroatoms. The molecule has 1 heterocycles. The lowest BCUT2D eigenvalue weighted by atomic mass is 10.00. The van der Waals surface area contributed by atoms with Crippen LogP contribution >= 0.6 is 0 Å². The molecule has 12 nitrogen and oxygen atoms in total. The molecule has 4 N–H and O–H groups in total. The fraction of sp³-hybridized carbons (Fsp3) is 0.886. The molecule has 282 valence electrons. The van der Waals surface area contributed by atoms with Crippen molar-refractivity contribution in [2.45, 2.75) is 179 Å². The molecule has 0 aromatic heterocycles. The molecule has 1 saturated heterocycles. The second kappa shape index (κ2) is 27.2. The van der Waals surface area contributed by atoms with E-state index in [4.69, 9.17) is 18.9 Å². The van der Waals surface area contributed by atoms with Gasteiger partial charge in [0, 0.05) is 12.8 Å². The van der Waals surface area contributed by atoms with E-state index < -0.39 is 71.2 Å². The van der Waals surface area contributed by atoms with Crippen LogP contribution in [0.3, 0.4) is 0 Å². The average Bonchev–Trinajstić information content (AvgIpc) is 3.04. The van der Waals surface area contributed by atoms with Gasteiger partial charge in [-0.2, -0.15) is 8.42 Å². The van der Waals surface area contributed by atoms with Crippen LogP contribution < -0.4 is 0 Å². The van der Waals surface area contributed by atoms with Gasteiger partial charge in [-0.15, -0.1) is 0 Å². The van der Waals surface area contributed by atoms with Gasteiger partial charge >= 0.3 is 11.9 Å². The summed E-state index contributed by atoms with van der Waals surface area (Å²) < 4.78 is 53.6. The third-order valence-corrected chi connectivity index (χ3v) is 9.08. The summed E-state index contributed by atoms with van der Waals surface area (Å²) in [5.74, 6) is -2.00. The van der Waals surface area contributed by atoms with Crippen LogP contribution in [0, 0.1) is 0 Å². The van der Waals surface area contributed by atoms with Crippen molar-refractivity contribution in [1.29, 1.82) is 0 Å². The molecule has 6 unspecified atom stereocenters. The van der Waals surface area contributed by atoms with Crippen LogP contribution in [-0.4, -0.2) is 96.0 Å². The zero-order valence-electron chi connectivity index (χ0n) is 29.3. The third-order valence-electron chi connectivity index (χ3n) is 8.33. The molecule has 0 bridgehead atoms. The maximum Gasteiger partial charge on any atom is 0.306 e. The highest BCUT2D eigenvalue weighted by Crippen LogP contribution is 2.24. The van der Waals surface area contributed by atoms with Crippen LogP contribution in [0.2, 0.25) is 0 Å². The van der Waals surface area contributed by atoms with E-state index in [1.165, 1.54) is 38.5 Å². The highest BCUT2D eigenvalue weighted by Gasteiger charge is 2.46. The number of carbonyl (C=O) groups excluding carboxylic acids is 2. The molecule has 0 aromatic rings. The molecule has 0 radical (unpaired) electrons. The molecule has 1 aliphatic rings. The van der Waals surface area contributed by atoms with Crippen molar-refractivity contribution in [3.05, 3.63) is 12.2 Å². The van der Waals surface area contributed by atoms with Crippen LogP contribution in [0.1, 0.15) is 142 Å². The van der Waals surface area contributed by atoms with Gasteiger partial charge in [0.05, 0.1) is 6.61 Å². The predicted octanol–water partition coefficient (Wildman–Crippen LogP) is 5.55. The lowest BCUT2D eigenvalue weighted by Gasteiger charge is -2.40. The number of aliphatic hydroxyl groups excluding tert-OH is 3. The van der Waals surface area contributed by atoms with Crippen LogP contribution in [0.5, 0.6) is 0 Å². The van der Waals surface area contributed by atoms with Crippen molar-refractivity contribution < 1.29 is 56.8 Å². The fourth-order valence-electron chi connectivity index (χ4n) is 5.44. The van der Waals surface area contributed by atoms with Crippen molar-refractivity contribution in [3.8, 4) is 0 Å². The Balaban J connectivity index is 2.57. The zero-order chi connectivity index (χ0) is 35.6. The van der Waals surface area contributed by atoms with E-state index in [1.54, 1.807) is 0 Å². The first-order chi connectivity index (χ1) is 23.0. The summed E-state index contributed by atoms with van der Waals surface area (Å²) in [6, 6.07) is 0. The van der Waals surface area contributed by atoms with Crippen LogP contribution in [-0.2, 0) is 38.7 Å². The highest BCUT2D eigenvalue weighted by molar-refractivity contribution is 7.85. The van der Waals surface area contributed by atoms with E-state index in [2.05, 4.69) is 26.0 Å². The van der Waals surface area contributed by atoms with E-state index in [-0.39, 0.29) is 19.4 Å². The van der Waals surface area contributed by atoms with E-state index in [9.17, 15) is 37.9 Å². The minimum Gasteiger partial charge on any atom is -0.462 e. The van der Waals surface area contributed by atoms with E-state index in [0.717, 1.165) is 64.2 Å². The SMILES string of the molecule is CCC/C=C\CCCCCCCC(=O)OC(COC(=O)CCCCCCCCCCCC)COC1OC(CS(=O)(=O)O)C(O)C(O)C1O. The summed E-state index contributed by atoms with van der Waals surface area (Å²) in [6.07, 6.45) is 14.4. The Morgan fingerprint density at radius 1 is 0.688 bits per heavy atom. The normalized spacial score (nSPS) is 22.2. The van der Waals surface area contributed by atoms with Gasteiger partial charge in [-0.3, -0.25) is 14.1 Å². The maximum absolute atomic E-state index is 12.6. The third kappa shape index (κ3) is 22.2. The van der Waals surface area contributed by atoms with Crippen LogP contribution in [0.15, 0.2) is 12.2 Å². The lowest BCUT2D eigenvalue weighted by Crippen LogP contribution is -2.60. The summed E-state index contributed by atoms with van der Waals surface area (Å²) in [7, 11) is -4.59.